The Balaban J connectivity index is 1.46. The molecule has 1 aromatic heterocycles. The Hall–Kier alpha value is -5.19. The number of carboxylic acid groups (broad SMARTS) is 1. The molecule has 39 heavy (non-hydrogen) atoms. The topological polar surface area (TPSA) is 126 Å². The fourth-order valence-corrected chi connectivity index (χ4v) is 4.32. The van der Waals surface area contributed by atoms with Gasteiger partial charge < -0.3 is 26.4 Å². The van der Waals surface area contributed by atoms with Crippen LogP contribution in [0.4, 0.5) is 30.8 Å². The minimum atomic E-state index is -1.33. The summed E-state index contributed by atoms with van der Waals surface area (Å²) < 4.78 is 29.3. The quantitative estimate of drug-likeness (QED) is 0.254. The minimum absolute atomic E-state index is 0.0300. The Labute approximate surface area is 222 Å². The molecule has 0 fully saturated rings. The van der Waals surface area contributed by atoms with Crippen molar-refractivity contribution in [3.63, 3.8) is 0 Å². The number of nitrogens with zero attached hydrogens (tertiary/aromatic N) is 3. The van der Waals surface area contributed by atoms with Crippen molar-refractivity contribution in [1.29, 1.82) is 0 Å². The van der Waals surface area contributed by atoms with Crippen LogP contribution in [-0.2, 0) is 17.8 Å². The van der Waals surface area contributed by atoms with Gasteiger partial charge in [-0.3, -0.25) is 9.36 Å². The number of halogens is 2. The summed E-state index contributed by atoms with van der Waals surface area (Å²) >= 11 is 0. The second-order valence-electron chi connectivity index (χ2n) is 8.95. The minimum Gasteiger partial charge on any atom is -0.465 e. The molecular formula is C28H24F2N6O3. The van der Waals surface area contributed by atoms with Gasteiger partial charge in [-0.25, -0.2) is 18.6 Å². The van der Waals surface area contributed by atoms with Crippen molar-refractivity contribution in [2.24, 2.45) is 0 Å². The highest BCUT2D eigenvalue weighted by Gasteiger charge is 2.30. The number of carbonyl (C=O) groups is 2. The summed E-state index contributed by atoms with van der Waals surface area (Å²) in [5.41, 5.74) is 8.53. The number of hydrogen-bond acceptors (Lipinski definition) is 5. The Bertz CT molecular complexity index is 1550. The molecule has 0 bridgehead atoms. The first-order valence-corrected chi connectivity index (χ1v) is 12.0. The molecule has 0 saturated heterocycles. The number of hydrogen-bond donors (Lipinski definition) is 4. The zero-order valence-electron chi connectivity index (χ0n) is 20.5. The third-order valence-electron chi connectivity index (χ3n) is 6.20. The maximum Gasteiger partial charge on any atom is 0.405 e. The molecule has 1 aliphatic heterocycles. The number of fused-ring (bicyclic) bond motifs is 1. The van der Waals surface area contributed by atoms with Gasteiger partial charge in [0, 0.05) is 35.8 Å². The molecule has 4 aromatic rings. The van der Waals surface area contributed by atoms with Gasteiger partial charge in [-0.15, -0.1) is 0 Å². The van der Waals surface area contributed by atoms with Gasteiger partial charge in [0.2, 0.25) is 5.91 Å². The van der Waals surface area contributed by atoms with E-state index in [0.29, 0.717) is 34.3 Å². The lowest BCUT2D eigenvalue weighted by atomic mass is 10.0. The molecule has 0 radical (unpaired) electrons. The standard InChI is InChI=1S/C28H24F2N6O3/c29-19-6-10-22(11-7-19)32-26-25(18-2-1-3-20(30)15-18)34-24-16-35(12-13-36(24)26)27(37)23(33-28(38)39)14-17-4-8-21(31)9-5-17/h1-13,15,23,32-33H,14,16,31H2,(H,38,39). The number of amides is 2. The van der Waals surface area contributed by atoms with Crippen LogP contribution in [0.25, 0.3) is 17.5 Å². The van der Waals surface area contributed by atoms with E-state index in [4.69, 9.17) is 5.73 Å². The first kappa shape index (κ1) is 25.5. The van der Waals surface area contributed by atoms with E-state index in [-0.39, 0.29) is 13.0 Å². The van der Waals surface area contributed by atoms with E-state index < -0.39 is 29.7 Å². The predicted octanol–water partition coefficient (Wildman–Crippen LogP) is 4.80. The van der Waals surface area contributed by atoms with Crippen LogP contribution in [-0.4, -0.2) is 37.6 Å². The van der Waals surface area contributed by atoms with Crippen LogP contribution in [0.3, 0.4) is 0 Å². The number of nitrogens with one attached hydrogen (secondary N) is 2. The second kappa shape index (κ2) is 10.7. The highest BCUT2D eigenvalue weighted by atomic mass is 19.1. The number of nitrogens with two attached hydrogens (primary N) is 1. The molecule has 198 valence electrons. The molecule has 1 unspecified atom stereocenters. The monoisotopic (exact) mass is 530 g/mol. The molecule has 0 aliphatic carbocycles. The summed E-state index contributed by atoms with van der Waals surface area (Å²) in [6.07, 6.45) is 1.93. The van der Waals surface area contributed by atoms with E-state index in [9.17, 15) is 23.5 Å². The van der Waals surface area contributed by atoms with Crippen LogP contribution in [0.2, 0.25) is 0 Å². The van der Waals surface area contributed by atoms with Gasteiger partial charge in [0.15, 0.2) is 0 Å². The van der Waals surface area contributed by atoms with E-state index in [1.807, 2.05) is 0 Å². The van der Waals surface area contributed by atoms with Gasteiger partial charge in [0.05, 0.1) is 6.54 Å². The third kappa shape index (κ3) is 5.72. The average Bonchev–Trinajstić information content (AvgIpc) is 3.27. The summed E-state index contributed by atoms with van der Waals surface area (Å²) in [6, 6.07) is 17.4. The maximum atomic E-state index is 14.1. The Morgan fingerprint density at radius 2 is 1.74 bits per heavy atom. The van der Waals surface area contributed by atoms with E-state index in [1.54, 1.807) is 59.3 Å². The number of rotatable bonds is 7. The molecule has 0 spiro atoms. The van der Waals surface area contributed by atoms with Gasteiger partial charge in [0.1, 0.15) is 35.0 Å². The number of imidazole rings is 1. The number of nitrogen functional groups attached to an aromatic ring is 1. The van der Waals surface area contributed by atoms with E-state index in [1.165, 1.54) is 35.4 Å². The number of benzene rings is 3. The highest BCUT2D eigenvalue weighted by molar-refractivity contribution is 5.87. The van der Waals surface area contributed by atoms with Crippen molar-refractivity contribution in [1.82, 2.24) is 19.8 Å². The number of aromatic nitrogens is 2. The number of carbonyl (C=O) groups excluding carboxylic acids is 1. The predicted molar refractivity (Wildman–Crippen MR) is 143 cm³/mol. The van der Waals surface area contributed by atoms with Crippen LogP contribution in [0, 0.1) is 11.6 Å². The smallest absolute Gasteiger partial charge is 0.405 e. The fraction of sp³-hybridized carbons (Fsp3) is 0.107. The van der Waals surface area contributed by atoms with Crippen molar-refractivity contribution in [3.05, 3.63) is 102 Å². The molecule has 2 heterocycles. The van der Waals surface area contributed by atoms with Crippen LogP contribution >= 0.6 is 0 Å². The average molecular weight is 531 g/mol. The second-order valence-corrected chi connectivity index (χ2v) is 8.95. The maximum absolute atomic E-state index is 14.1. The molecule has 2 amide bonds. The van der Waals surface area contributed by atoms with Gasteiger partial charge in [0.25, 0.3) is 0 Å². The van der Waals surface area contributed by atoms with Crippen LogP contribution in [0.1, 0.15) is 11.4 Å². The largest absolute Gasteiger partial charge is 0.465 e. The van der Waals surface area contributed by atoms with E-state index >= 15 is 0 Å². The zero-order valence-corrected chi connectivity index (χ0v) is 20.5. The van der Waals surface area contributed by atoms with Crippen LogP contribution < -0.4 is 16.4 Å². The Morgan fingerprint density at radius 3 is 2.44 bits per heavy atom. The Kier molecular flexibility index (Phi) is 6.96. The van der Waals surface area contributed by atoms with Crippen molar-refractivity contribution in [2.45, 2.75) is 19.0 Å². The van der Waals surface area contributed by atoms with Crippen LogP contribution in [0.15, 0.2) is 79.0 Å². The Morgan fingerprint density at radius 1 is 1.00 bits per heavy atom. The molecule has 9 nitrogen and oxygen atoms in total. The number of anilines is 3. The zero-order chi connectivity index (χ0) is 27.5. The van der Waals surface area contributed by atoms with Gasteiger partial charge in [-0.2, -0.15) is 0 Å². The SMILES string of the molecule is Nc1ccc(CC(NC(=O)O)C(=O)N2C=Cn3c(nc(-c4cccc(F)c4)c3Nc3ccc(F)cc3)C2)cc1. The van der Waals surface area contributed by atoms with Gasteiger partial charge in [-0.1, -0.05) is 24.3 Å². The lowest BCUT2D eigenvalue weighted by Crippen LogP contribution is -2.48. The van der Waals surface area contributed by atoms with E-state index in [2.05, 4.69) is 15.6 Å². The molecule has 0 saturated carbocycles. The van der Waals surface area contributed by atoms with Gasteiger partial charge in [-0.05, 0) is 54.1 Å². The lowest BCUT2D eigenvalue weighted by molar-refractivity contribution is -0.131. The molecule has 1 aliphatic rings. The first-order valence-electron chi connectivity index (χ1n) is 12.0. The first-order chi connectivity index (χ1) is 18.8. The summed E-state index contributed by atoms with van der Waals surface area (Å²) in [5.74, 6) is -0.355. The van der Waals surface area contributed by atoms with Crippen molar-refractivity contribution in [2.75, 3.05) is 11.1 Å². The summed E-state index contributed by atoms with van der Waals surface area (Å²) in [7, 11) is 0. The molecule has 3 aromatic carbocycles. The molecule has 5 N–H and O–H groups in total. The summed E-state index contributed by atoms with van der Waals surface area (Å²) in [5, 5.41) is 14.9. The lowest BCUT2D eigenvalue weighted by Gasteiger charge is -2.27. The van der Waals surface area contributed by atoms with Gasteiger partial charge >= 0.3 is 6.09 Å². The molecule has 5 rings (SSSR count). The van der Waals surface area contributed by atoms with E-state index in [0.717, 1.165) is 5.56 Å². The van der Waals surface area contributed by atoms with Crippen LogP contribution in [0.5, 0.6) is 0 Å². The molecule has 11 heteroatoms. The summed E-state index contributed by atoms with van der Waals surface area (Å²) in [6.45, 7) is 0.0300. The van der Waals surface area contributed by atoms with Crippen molar-refractivity contribution < 1.29 is 23.5 Å². The fourth-order valence-electron chi connectivity index (χ4n) is 4.32. The van der Waals surface area contributed by atoms with Crippen molar-refractivity contribution >= 4 is 35.4 Å². The highest BCUT2D eigenvalue weighted by Crippen LogP contribution is 2.34. The summed E-state index contributed by atoms with van der Waals surface area (Å²) in [4.78, 5) is 31.0. The molecular weight excluding hydrogens is 506 g/mol. The van der Waals surface area contributed by atoms with Crippen molar-refractivity contribution in [3.8, 4) is 11.3 Å². The third-order valence-corrected chi connectivity index (χ3v) is 6.20. The normalized spacial score (nSPS) is 13.0. The molecule has 1 atom stereocenters.